The minimum absolute atomic E-state index is 0.0258. The number of nitrogens with zero attached hydrogens (tertiary/aromatic N) is 2. The van der Waals surface area contributed by atoms with Crippen molar-refractivity contribution < 1.29 is 48.4 Å². The maximum atomic E-state index is 10.5. The van der Waals surface area contributed by atoms with Gasteiger partial charge in [-0.1, -0.05) is 0 Å². The van der Waals surface area contributed by atoms with Gasteiger partial charge in [0, 0.05) is 39.3 Å². The Bertz CT molecular complexity index is 498. The molecule has 1 heterocycles. The summed E-state index contributed by atoms with van der Waals surface area (Å²) < 4.78 is 29.6. The molecule has 27 heavy (non-hydrogen) atoms. The Balaban J connectivity index is 0.000000516. The topological polar surface area (TPSA) is 199 Å². The molecule has 7 N–H and O–H groups in total. The zero-order chi connectivity index (χ0) is 21.0. The average Bonchev–Trinajstić information content (AvgIpc) is 2.65. The quantitative estimate of drug-likeness (QED) is 0.132. The van der Waals surface area contributed by atoms with E-state index in [1.807, 2.05) is 4.90 Å². The second kappa shape index (κ2) is 13.4. The summed E-state index contributed by atoms with van der Waals surface area (Å²) in [6.07, 6.45) is -6.84. The van der Waals surface area contributed by atoms with Crippen LogP contribution in [-0.4, -0.2) is 142 Å². The number of hydrogen-bond donors (Lipinski definition) is 7. The van der Waals surface area contributed by atoms with Crippen LogP contribution >= 0.6 is 0 Å². The largest absolute Gasteiger partial charge is 0.395 e. The van der Waals surface area contributed by atoms with Crippen LogP contribution in [0.3, 0.4) is 0 Å². The SMILES string of the molecule is O=C[C@H](O)[C@@H](O)[C@H](O)[C@H](O)CO.O=S(=O)(O)CCN1CCN(CCO)CC1. The van der Waals surface area contributed by atoms with Crippen molar-refractivity contribution in [2.24, 2.45) is 0 Å². The lowest BCUT2D eigenvalue weighted by Gasteiger charge is -2.33. The van der Waals surface area contributed by atoms with Gasteiger partial charge in [-0.05, 0) is 0 Å². The third-order valence-electron chi connectivity index (χ3n) is 3.97. The summed E-state index contributed by atoms with van der Waals surface area (Å²) in [6.45, 7) is 3.70. The van der Waals surface area contributed by atoms with E-state index in [9.17, 15) is 13.2 Å². The van der Waals surface area contributed by atoms with E-state index in [0.29, 0.717) is 13.1 Å². The maximum Gasteiger partial charge on any atom is 0.266 e. The molecule has 1 aliphatic heterocycles. The molecule has 1 saturated heterocycles. The van der Waals surface area contributed by atoms with Crippen LogP contribution in [0, 0.1) is 0 Å². The van der Waals surface area contributed by atoms with Gasteiger partial charge >= 0.3 is 0 Å². The van der Waals surface area contributed by atoms with Gasteiger partial charge in [-0.2, -0.15) is 8.42 Å². The summed E-state index contributed by atoms with van der Waals surface area (Å²) in [5.74, 6) is -0.201. The normalized spacial score (nSPS) is 20.9. The molecule has 0 aromatic heterocycles. The summed E-state index contributed by atoms with van der Waals surface area (Å²) in [4.78, 5) is 14.0. The standard InChI is InChI=1S/C8H18N2O4S.C6H12O6/c11-7-5-9-1-3-10(4-2-9)6-8-15(12,13)14;7-1-3(9)5(11)6(12)4(10)2-8/h11H,1-8H2,(H,12,13,14);1,3-6,8-12H,2H2/t;3-,4+,5+,6+/m.0/s1. The van der Waals surface area contributed by atoms with E-state index in [2.05, 4.69) is 4.90 Å². The van der Waals surface area contributed by atoms with Crippen molar-refractivity contribution in [3.05, 3.63) is 0 Å². The molecule has 12 nitrogen and oxygen atoms in total. The average molecular weight is 418 g/mol. The highest BCUT2D eigenvalue weighted by molar-refractivity contribution is 7.85. The fourth-order valence-corrected chi connectivity index (χ4v) is 2.73. The van der Waals surface area contributed by atoms with E-state index < -0.39 is 41.1 Å². The first-order chi connectivity index (χ1) is 12.6. The van der Waals surface area contributed by atoms with Crippen molar-refractivity contribution in [3.8, 4) is 0 Å². The molecule has 0 radical (unpaired) electrons. The summed E-state index contributed by atoms with van der Waals surface area (Å²) in [5.41, 5.74) is 0. The number of hydrogen-bond acceptors (Lipinski definition) is 11. The van der Waals surface area contributed by atoms with Crippen LogP contribution in [0.15, 0.2) is 0 Å². The summed E-state index contributed by atoms with van der Waals surface area (Å²) >= 11 is 0. The zero-order valence-electron chi connectivity index (χ0n) is 14.9. The molecule has 0 aromatic rings. The lowest BCUT2D eigenvalue weighted by molar-refractivity contribution is -0.136. The van der Waals surface area contributed by atoms with Gasteiger partial charge in [0.1, 0.15) is 24.4 Å². The van der Waals surface area contributed by atoms with Gasteiger partial charge < -0.3 is 35.4 Å². The number of carbonyl (C=O) groups excluding carboxylic acids is 1. The van der Waals surface area contributed by atoms with Crippen LogP contribution < -0.4 is 0 Å². The number of piperazine rings is 1. The van der Waals surface area contributed by atoms with Gasteiger partial charge in [0.15, 0.2) is 6.29 Å². The van der Waals surface area contributed by atoms with Gasteiger partial charge in [0.2, 0.25) is 0 Å². The molecule has 1 rings (SSSR count). The molecule has 0 spiro atoms. The second-order valence-electron chi connectivity index (χ2n) is 6.05. The maximum absolute atomic E-state index is 10.5. The van der Waals surface area contributed by atoms with E-state index in [-0.39, 0.29) is 18.6 Å². The number of β-amino-alcohol motifs (C(OH)–C–C–N with tert-alkyl or cyclic N) is 1. The van der Waals surface area contributed by atoms with E-state index in [1.54, 1.807) is 0 Å². The molecule has 0 bridgehead atoms. The van der Waals surface area contributed by atoms with Crippen LogP contribution in [0.2, 0.25) is 0 Å². The van der Waals surface area contributed by atoms with Crippen molar-refractivity contribution in [1.82, 2.24) is 9.80 Å². The third kappa shape index (κ3) is 11.6. The monoisotopic (exact) mass is 418 g/mol. The Morgan fingerprint density at radius 3 is 1.74 bits per heavy atom. The minimum atomic E-state index is -3.84. The minimum Gasteiger partial charge on any atom is -0.395 e. The highest BCUT2D eigenvalue weighted by Crippen LogP contribution is 2.03. The number of rotatable bonds is 10. The van der Waals surface area contributed by atoms with Crippen molar-refractivity contribution in [3.63, 3.8) is 0 Å². The molecule has 0 aliphatic carbocycles. The fourth-order valence-electron chi connectivity index (χ4n) is 2.24. The molecule has 0 aromatic carbocycles. The number of aldehydes is 1. The van der Waals surface area contributed by atoms with Crippen molar-refractivity contribution in [2.75, 3.05) is 58.2 Å². The smallest absolute Gasteiger partial charge is 0.266 e. The van der Waals surface area contributed by atoms with Crippen molar-refractivity contribution in [2.45, 2.75) is 24.4 Å². The molecule has 1 aliphatic rings. The molecular formula is C14H30N2O10S. The van der Waals surface area contributed by atoms with Crippen molar-refractivity contribution >= 4 is 16.4 Å². The lowest BCUT2D eigenvalue weighted by atomic mass is 10.0. The Morgan fingerprint density at radius 2 is 1.37 bits per heavy atom. The Morgan fingerprint density at radius 1 is 0.889 bits per heavy atom. The van der Waals surface area contributed by atoms with E-state index in [1.165, 1.54) is 0 Å². The van der Waals surface area contributed by atoms with E-state index >= 15 is 0 Å². The Labute approximate surface area is 158 Å². The molecular weight excluding hydrogens is 388 g/mol. The van der Waals surface area contributed by atoms with Gasteiger partial charge in [0.05, 0.1) is 19.0 Å². The first-order valence-electron chi connectivity index (χ1n) is 8.34. The molecule has 0 amide bonds. The predicted molar refractivity (Wildman–Crippen MR) is 93.6 cm³/mol. The van der Waals surface area contributed by atoms with Crippen LogP contribution in [0.1, 0.15) is 0 Å². The van der Waals surface area contributed by atoms with Gasteiger partial charge in [-0.3, -0.25) is 14.4 Å². The zero-order valence-corrected chi connectivity index (χ0v) is 15.7. The van der Waals surface area contributed by atoms with Gasteiger partial charge in [-0.25, -0.2) is 0 Å². The second-order valence-corrected chi connectivity index (χ2v) is 7.62. The summed E-state index contributed by atoms with van der Waals surface area (Å²) in [7, 11) is -3.84. The van der Waals surface area contributed by atoms with E-state index in [4.69, 9.17) is 35.2 Å². The van der Waals surface area contributed by atoms with Gasteiger partial charge in [0.25, 0.3) is 10.1 Å². The van der Waals surface area contributed by atoms with Crippen LogP contribution in [0.25, 0.3) is 0 Å². The molecule has 13 heteroatoms. The molecule has 4 atom stereocenters. The Hall–Kier alpha value is -0.740. The summed E-state index contributed by atoms with van der Waals surface area (Å²) in [5, 5.41) is 52.3. The van der Waals surface area contributed by atoms with Crippen molar-refractivity contribution in [1.29, 1.82) is 0 Å². The number of aliphatic hydroxyl groups excluding tert-OH is 6. The molecule has 0 unspecified atom stereocenters. The van der Waals surface area contributed by atoms with Crippen LogP contribution in [0.5, 0.6) is 0 Å². The van der Waals surface area contributed by atoms with E-state index in [0.717, 1.165) is 26.2 Å². The summed E-state index contributed by atoms with van der Waals surface area (Å²) in [6, 6.07) is 0. The third-order valence-corrected chi connectivity index (χ3v) is 4.67. The molecule has 1 fully saturated rings. The predicted octanol–water partition coefficient (Wildman–Crippen LogP) is -4.89. The first kappa shape index (κ1) is 26.3. The molecule has 0 saturated carbocycles. The number of aliphatic hydroxyl groups is 6. The molecule has 162 valence electrons. The lowest BCUT2D eigenvalue weighted by Crippen LogP contribution is -2.48. The Kier molecular flexibility index (Phi) is 13.1. The highest BCUT2D eigenvalue weighted by Gasteiger charge is 2.29. The number of carbonyl (C=O) groups is 1. The highest BCUT2D eigenvalue weighted by atomic mass is 32.2. The first-order valence-corrected chi connectivity index (χ1v) is 9.95. The van der Waals surface area contributed by atoms with Gasteiger partial charge in [-0.15, -0.1) is 0 Å². The fraction of sp³-hybridized carbons (Fsp3) is 0.929. The van der Waals surface area contributed by atoms with Crippen LogP contribution in [-0.2, 0) is 14.9 Å². The van der Waals surface area contributed by atoms with Crippen LogP contribution in [0.4, 0.5) is 0 Å².